The topological polar surface area (TPSA) is 56.9 Å². The Labute approximate surface area is 170 Å². The number of carbonyl (C=O) groups is 1. The lowest BCUT2D eigenvalue weighted by Gasteiger charge is -2.36. The van der Waals surface area contributed by atoms with Crippen molar-refractivity contribution in [1.29, 1.82) is 0 Å². The molecule has 5 heteroatoms. The van der Waals surface area contributed by atoms with Crippen LogP contribution in [0.15, 0.2) is 54.7 Å². The maximum Gasteiger partial charge on any atom is 0.315 e. The van der Waals surface area contributed by atoms with Gasteiger partial charge in [-0.25, -0.2) is 4.79 Å². The van der Waals surface area contributed by atoms with Gasteiger partial charge in [0.05, 0.1) is 0 Å². The molecule has 2 aromatic carbocycles. The number of aromatic amines is 1. The molecule has 3 N–H and O–H groups in total. The summed E-state index contributed by atoms with van der Waals surface area (Å²) in [6, 6.07) is 16.6. The van der Waals surface area contributed by atoms with E-state index in [0.29, 0.717) is 12.5 Å². The molecule has 0 spiro atoms. The van der Waals surface area contributed by atoms with Crippen molar-refractivity contribution in [2.45, 2.75) is 44.1 Å². The Kier molecular flexibility index (Phi) is 5.87. The molecule has 4 rings (SSSR count). The summed E-state index contributed by atoms with van der Waals surface area (Å²) in [5.74, 6) is 0.527. The number of halogens is 1. The molecule has 1 aliphatic carbocycles. The smallest absolute Gasteiger partial charge is 0.315 e. The van der Waals surface area contributed by atoms with Gasteiger partial charge in [-0.05, 0) is 67.3 Å². The molecule has 0 bridgehead atoms. The van der Waals surface area contributed by atoms with Gasteiger partial charge in [0.1, 0.15) is 0 Å². The molecule has 3 aromatic rings. The number of nitrogens with one attached hydrogen (secondary N) is 3. The van der Waals surface area contributed by atoms with E-state index in [9.17, 15) is 4.79 Å². The van der Waals surface area contributed by atoms with E-state index in [-0.39, 0.29) is 12.1 Å². The van der Waals surface area contributed by atoms with Gasteiger partial charge >= 0.3 is 6.03 Å². The number of aryl methyl sites for hydroxylation is 1. The number of carbonyl (C=O) groups excluding carboxylic acids is 1. The second kappa shape index (κ2) is 8.70. The molecular formula is C23H26ClN3O. The van der Waals surface area contributed by atoms with Crippen molar-refractivity contribution in [3.63, 3.8) is 0 Å². The summed E-state index contributed by atoms with van der Waals surface area (Å²) in [6.07, 6.45) is 7.15. The third kappa shape index (κ3) is 4.50. The molecule has 1 heterocycles. The van der Waals surface area contributed by atoms with Crippen LogP contribution in [0.5, 0.6) is 0 Å². The second-order valence-electron chi connectivity index (χ2n) is 7.63. The number of rotatable bonds is 7. The van der Waals surface area contributed by atoms with Crippen molar-refractivity contribution >= 4 is 28.5 Å². The van der Waals surface area contributed by atoms with Gasteiger partial charge < -0.3 is 15.6 Å². The van der Waals surface area contributed by atoms with Gasteiger partial charge in [0.25, 0.3) is 0 Å². The molecule has 1 saturated carbocycles. The minimum absolute atomic E-state index is 0.0494. The zero-order valence-corrected chi connectivity index (χ0v) is 16.6. The molecule has 28 heavy (non-hydrogen) atoms. The number of hydrogen-bond donors (Lipinski definition) is 3. The van der Waals surface area contributed by atoms with Gasteiger partial charge in [-0.3, -0.25) is 0 Å². The number of fused-ring (bicyclic) bond motifs is 1. The molecule has 146 valence electrons. The third-order valence-corrected chi connectivity index (χ3v) is 5.90. The van der Waals surface area contributed by atoms with E-state index in [1.807, 2.05) is 18.2 Å². The summed E-state index contributed by atoms with van der Waals surface area (Å²) >= 11 is 5.93. The first-order valence-corrected chi connectivity index (χ1v) is 10.4. The van der Waals surface area contributed by atoms with Gasteiger partial charge in [-0.2, -0.15) is 0 Å². The van der Waals surface area contributed by atoms with E-state index in [4.69, 9.17) is 11.6 Å². The summed E-state index contributed by atoms with van der Waals surface area (Å²) in [4.78, 5) is 15.4. The molecule has 0 unspecified atom stereocenters. The summed E-state index contributed by atoms with van der Waals surface area (Å²) in [7, 11) is 0. The summed E-state index contributed by atoms with van der Waals surface area (Å²) < 4.78 is 0. The largest absolute Gasteiger partial charge is 0.361 e. The quantitative estimate of drug-likeness (QED) is 0.461. The van der Waals surface area contributed by atoms with Crippen LogP contribution in [0.3, 0.4) is 0 Å². The Bertz CT molecular complexity index is 928. The number of amides is 2. The molecule has 0 aliphatic heterocycles. The Morgan fingerprint density at radius 1 is 1.07 bits per heavy atom. The highest BCUT2D eigenvalue weighted by molar-refractivity contribution is 6.30. The van der Waals surface area contributed by atoms with E-state index in [0.717, 1.165) is 37.1 Å². The standard InChI is InChI=1S/C23H26ClN3O/c24-19-10-8-16(9-11-19)18-13-20(14-18)27-23(28)25-12-4-3-5-17-15-26-22-7-2-1-6-21(17)22/h1-2,6-11,15,18,20,26H,3-5,12-14H2,(H2,25,27,28). The lowest BCUT2D eigenvalue weighted by atomic mass is 9.76. The Balaban J connectivity index is 1.11. The Hall–Kier alpha value is -2.46. The van der Waals surface area contributed by atoms with Gasteiger partial charge in [-0.15, -0.1) is 0 Å². The number of hydrogen-bond acceptors (Lipinski definition) is 1. The molecule has 4 nitrogen and oxygen atoms in total. The zero-order chi connectivity index (χ0) is 19.3. The van der Waals surface area contributed by atoms with E-state index in [1.54, 1.807) is 0 Å². The fourth-order valence-electron chi connectivity index (χ4n) is 3.96. The van der Waals surface area contributed by atoms with Crippen molar-refractivity contribution in [2.75, 3.05) is 6.54 Å². The predicted molar refractivity (Wildman–Crippen MR) is 115 cm³/mol. The van der Waals surface area contributed by atoms with Crippen LogP contribution in [-0.2, 0) is 6.42 Å². The number of unbranched alkanes of at least 4 members (excludes halogenated alkanes) is 1. The normalized spacial score (nSPS) is 18.6. The number of para-hydroxylation sites is 1. The fraction of sp³-hybridized carbons (Fsp3) is 0.348. The average molecular weight is 396 g/mol. The van der Waals surface area contributed by atoms with E-state index in [2.05, 4.69) is 52.1 Å². The molecule has 1 aromatic heterocycles. The van der Waals surface area contributed by atoms with Gasteiger partial charge in [0.2, 0.25) is 0 Å². The average Bonchev–Trinajstić information content (AvgIpc) is 3.08. The summed E-state index contributed by atoms with van der Waals surface area (Å²) in [5.41, 5.74) is 3.84. The van der Waals surface area contributed by atoms with Crippen LogP contribution in [0.2, 0.25) is 5.02 Å². The number of benzene rings is 2. The van der Waals surface area contributed by atoms with Gasteiger partial charge in [-0.1, -0.05) is 41.9 Å². The van der Waals surface area contributed by atoms with Gasteiger partial charge in [0, 0.05) is 34.7 Å². The maximum atomic E-state index is 12.1. The van der Waals surface area contributed by atoms with Crippen LogP contribution in [0.25, 0.3) is 10.9 Å². The van der Waals surface area contributed by atoms with Crippen LogP contribution in [-0.4, -0.2) is 23.6 Å². The Morgan fingerprint density at radius 2 is 1.86 bits per heavy atom. The molecular weight excluding hydrogens is 370 g/mol. The highest BCUT2D eigenvalue weighted by atomic mass is 35.5. The SMILES string of the molecule is O=C(NCCCCc1c[nH]c2ccccc12)NC1CC(c2ccc(Cl)cc2)C1. The minimum Gasteiger partial charge on any atom is -0.361 e. The summed E-state index contributed by atoms with van der Waals surface area (Å²) in [5, 5.41) is 8.13. The number of urea groups is 1. The second-order valence-corrected chi connectivity index (χ2v) is 8.07. The summed E-state index contributed by atoms with van der Waals surface area (Å²) in [6.45, 7) is 0.710. The number of H-pyrrole nitrogens is 1. The van der Waals surface area contributed by atoms with Crippen LogP contribution in [0.4, 0.5) is 4.79 Å². The minimum atomic E-state index is -0.0494. The number of aromatic nitrogens is 1. The van der Waals surface area contributed by atoms with Gasteiger partial charge in [0.15, 0.2) is 0 Å². The van der Waals surface area contributed by atoms with Crippen LogP contribution in [0, 0.1) is 0 Å². The monoisotopic (exact) mass is 395 g/mol. The van der Waals surface area contributed by atoms with Crippen LogP contribution < -0.4 is 10.6 Å². The van der Waals surface area contributed by atoms with Crippen molar-refractivity contribution in [3.05, 3.63) is 70.9 Å². The molecule has 1 aliphatic rings. The zero-order valence-electron chi connectivity index (χ0n) is 15.9. The highest BCUT2D eigenvalue weighted by Crippen LogP contribution is 2.37. The highest BCUT2D eigenvalue weighted by Gasteiger charge is 2.31. The lowest BCUT2D eigenvalue weighted by molar-refractivity contribution is 0.222. The van der Waals surface area contributed by atoms with E-state index >= 15 is 0 Å². The lowest BCUT2D eigenvalue weighted by Crippen LogP contribution is -2.47. The molecule has 0 saturated heterocycles. The molecule has 0 atom stereocenters. The van der Waals surface area contributed by atoms with Crippen molar-refractivity contribution in [1.82, 2.24) is 15.6 Å². The van der Waals surface area contributed by atoms with Crippen LogP contribution in [0.1, 0.15) is 42.7 Å². The fourth-order valence-corrected chi connectivity index (χ4v) is 4.09. The molecule has 0 radical (unpaired) electrons. The third-order valence-electron chi connectivity index (χ3n) is 5.65. The Morgan fingerprint density at radius 3 is 2.68 bits per heavy atom. The molecule has 2 amide bonds. The first-order valence-electron chi connectivity index (χ1n) is 10.0. The predicted octanol–water partition coefficient (Wildman–Crippen LogP) is 5.39. The van der Waals surface area contributed by atoms with E-state index < -0.39 is 0 Å². The van der Waals surface area contributed by atoms with E-state index in [1.165, 1.54) is 22.0 Å². The first-order chi connectivity index (χ1) is 13.7. The van der Waals surface area contributed by atoms with Crippen molar-refractivity contribution in [2.24, 2.45) is 0 Å². The van der Waals surface area contributed by atoms with Crippen molar-refractivity contribution in [3.8, 4) is 0 Å². The molecule has 1 fully saturated rings. The maximum absolute atomic E-state index is 12.1. The van der Waals surface area contributed by atoms with Crippen LogP contribution >= 0.6 is 11.6 Å². The first kappa shape index (κ1) is 18.9. The van der Waals surface area contributed by atoms with Crippen molar-refractivity contribution < 1.29 is 4.79 Å².